The SMILES string of the molecule is COC(=O)N[C@H](C(=O)N1CCC[C@H]1c1ncc(-c2ccc(C#CC#Cc3cnc([C@@H]4CCCN4C(=O)[C@@H](NC(=O)OC)C(C)C)[nH]3)c(-c3ccccc3)c2)[nH]1)c1ccccc1. The molecule has 0 bridgehead atoms. The number of hydrogen-bond donors (Lipinski definition) is 4. The molecule has 14 heteroatoms. The van der Waals surface area contributed by atoms with Gasteiger partial charge in [-0.2, -0.15) is 0 Å². The molecule has 0 radical (unpaired) electrons. The number of carbonyl (C=O) groups excluding carboxylic acids is 4. The second kappa shape index (κ2) is 19.2. The Hall–Kier alpha value is -7.32. The molecule has 3 aromatic carbocycles. The first kappa shape index (κ1) is 41.8. The fourth-order valence-electron chi connectivity index (χ4n) is 7.88. The zero-order valence-electron chi connectivity index (χ0n) is 34.5. The van der Waals surface area contributed by atoms with Crippen molar-refractivity contribution < 1.29 is 28.7 Å². The third kappa shape index (κ3) is 9.61. The van der Waals surface area contributed by atoms with E-state index in [4.69, 9.17) is 14.5 Å². The first-order chi connectivity index (χ1) is 29.6. The molecule has 7 rings (SSSR count). The molecule has 61 heavy (non-hydrogen) atoms. The van der Waals surface area contributed by atoms with E-state index in [0.29, 0.717) is 36.0 Å². The number of H-pyrrole nitrogens is 2. The molecule has 0 spiro atoms. The lowest BCUT2D eigenvalue weighted by atomic mass is 9.96. The minimum absolute atomic E-state index is 0.132. The van der Waals surface area contributed by atoms with Gasteiger partial charge in [0.15, 0.2) is 0 Å². The number of imidazole rings is 2. The van der Waals surface area contributed by atoms with Crippen molar-refractivity contribution in [3.05, 3.63) is 120 Å². The number of nitrogens with one attached hydrogen (secondary N) is 4. The Morgan fingerprint density at radius 1 is 0.721 bits per heavy atom. The van der Waals surface area contributed by atoms with Gasteiger partial charge in [0.1, 0.15) is 29.4 Å². The number of nitrogens with zero attached hydrogens (tertiary/aromatic N) is 4. The minimum atomic E-state index is -0.908. The van der Waals surface area contributed by atoms with Crippen molar-refractivity contribution in [2.75, 3.05) is 27.3 Å². The van der Waals surface area contributed by atoms with Crippen molar-refractivity contribution in [1.29, 1.82) is 0 Å². The lowest BCUT2D eigenvalue weighted by Crippen LogP contribution is -2.51. The Morgan fingerprint density at radius 2 is 1.33 bits per heavy atom. The van der Waals surface area contributed by atoms with Crippen molar-refractivity contribution in [3.8, 4) is 46.1 Å². The van der Waals surface area contributed by atoms with Crippen LogP contribution >= 0.6 is 0 Å². The van der Waals surface area contributed by atoms with E-state index >= 15 is 0 Å². The molecule has 2 saturated heterocycles. The van der Waals surface area contributed by atoms with Crippen molar-refractivity contribution >= 4 is 24.0 Å². The van der Waals surface area contributed by atoms with Crippen LogP contribution in [-0.2, 0) is 19.1 Å². The molecule has 2 fully saturated rings. The van der Waals surface area contributed by atoms with Gasteiger partial charge in [0, 0.05) is 24.2 Å². The van der Waals surface area contributed by atoms with Crippen LogP contribution in [0.3, 0.4) is 0 Å². The molecule has 0 saturated carbocycles. The summed E-state index contributed by atoms with van der Waals surface area (Å²) in [5.41, 5.74) is 5.59. The van der Waals surface area contributed by atoms with Crippen LogP contribution in [0.25, 0.3) is 22.4 Å². The smallest absolute Gasteiger partial charge is 0.407 e. The van der Waals surface area contributed by atoms with Crippen molar-refractivity contribution in [2.45, 2.75) is 63.7 Å². The molecule has 4 atom stereocenters. The largest absolute Gasteiger partial charge is 0.453 e. The van der Waals surface area contributed by atoms with Gasteiger partial charge in [-0.15, -0.1) is 0 Å². The Bertz CT molecular complexity index is 2490. The van der Waals surface area contributed by atoms with Gasteiger partial charge >= 0.3 is 12.2 Å². The Morgan fingerprint density at radius 3 is 2.00 bits per heavy atom. The highest BCUT2D eigenvalue weighted by Gasteiger charge is 2.38. The molecule has 14 nitrogen and oxygen atoms in total. The predicted octanol–water partition coefficient (Wildman–Crippen LogP) is 6.67. The normalized spacial score (nSPS) is 16.7. The Kier molecular flexibility index (Phi) is 13.1. The summed E-state index contributed by atoms with van der Waals surface area (Å²) in [6.07, 6.45) is 5.14. The van der Waals surface area contributed by atoms with Gasteiger partial charge in [0.2, 0.25) is 5.91 Å². The average molecular weight is 821 g/mol. The van der Waals surface area contributed by atoms with Crippen LogP contribution in [0.1, 0.15) is 86.1 Å². The molecule has 4 amide bonds. The number of ether oxygens (including phenoxy) is 2. The number of hydrogen-bond acceptors (Lipinski definition) is 8. The second-order valence-corrected chi connectivity index (χ2v) is 15.2. The highest BCUT2D eigenvalue weighted by atomic mass is 16.5. The van der Waals surface area contributed by atoms with Gasteiger partial charge in [-0.05, 0) is 78.2 Å². The van der Waals surface area contributed by atoms with Crippen LogP contribution in [-0.4, -0.2) is 87.1 Å². The van der Waals surface area contributed by atoms with Crippen LogP contribution in [0, 0.1) is 29.6 Å². The van der Waals surface area contributed by atoms with Crippen LogP contribution in [0.4, 0.5) is 9.59 Å². The topological polar surface area (TPSA) is 175 Å². The van der Waals surface area contributed by atoms with E-state index in [1.807, 2.05) is 86.6 Å². The van der Waals surface area contributed by atoms with E-state index in [-0.39, 0.29) is 29.8 Å². The molecular formula is C47H48N8O6. The summed E-state index contributed by atoms with van der Waals surface area (Å²) in [4.78, 5) is 71.3. The molecule has 4 N–H and O–H groups in total. The quantitative estimate of drug-likeness (QED) is 0.113. The first-order valence-electron chi connectivity index (χ1n) is 20.3. The zero-order valence-corrected chi connectivity index (χ0v) is 34.5. The standard InChI is InChI=1S/C47H48N8O6/c1-30(2)40(52-46(58)60-3)44(56)54-25-13-21-38(54)42-48-28-35(50-42)20-12-11-17-32-23-24-34(27-36(32)31-15-7-5-8-16-31)37-29-49-43(51-37)39-22-14-26-55(39)45(57)41(53-47(59)61-4)33-18-9-6-10-19-33/h5-10,15-16,18-19,23-24,27-30,38-41H,13-14,21-22,25-26H2,1-4H3,(H,48,50)(H,49,51)(H,52,58)(H,53,59)/t38-,39-,40-,41-/m0/s1. The number of likely N-dealkylation sites (tertiary alicyclic amines) is 2. The van der Waals surface area contributed by atoms with Crippen LogP contribution in [0.2, 0.25) is 0 Å². The molecular weight excluding hydrogens is 773 g/mol. The Labute approximate surface area is 354 Å². The van der Waals surface area contributed by atoms with E-state index in [9.17, 15) is 19.2 Å². The maximum Gasteiger partial charge on any atom is 0.407 e. The minimum Gasteiger partial charge on any atom is -0.453 e. The molecule has 0 unspecified atom stereocenters. The van der Waals surface area contributed by atoms with E-state index in [1.165, 1.54) is 14.2 Å². The van der Waals surface area contributed by atoms with E-state index < -0.39 is 24.3 Å². The summed E-state index contributed by atoms with van der Waals surface area (Å²) in [6.45, 7) is 4.84. The van der Waals surface area contributed by atoms with Crippen molar-refractivity contribution in [2.24, 2.45) is 5.92 Å². The maximum absolute atomic E-state index is 14.0. The first-order valence-corrected chi connectivity index (χ1v) is 20.3. The van der Waals surface area contributed by atoms with Crippen LogP contribution in [0.5, 0.6) is 0 Å². The van der Waals surface area contributed by atoms with Crippen molar-refractivity contribution in [1.82, 2.24) is 40.4 Å². The monoisotopic (exact) mass is 820 g/mol. The number of carbonyl (C=O) groups is 4. The number of alkyl carbamates (subject to hydrolysis) is 2. The zero-order chi connectivity index (χ0) is 42.9. The summed E-state index contributed by atoms with van der Waals surface area (Å²) >= 11 is 0. The third-order valence-corrected chi connectivity index (χ3v) is 11.0. The Balaban J connectivity index is 1.09. The number of methoxy groups -OCH3 is 2. The van der Waals surface area contributed by atoms with Crippen LogP contribution < -0.4 is 10.6 Å². The summed E-state index contributed by atoms with van der Waals surface area (Å²) < 4.78 is 9.59. The van der Waals surface area contributed by atoms with Crippen molar-refractivity contribution in [3.63, 3.8) is 0 Å². The fraction of sp³-hybridized carbons (Fsp3) is 0.319. The molecule has 2 aliphatic rings. The maximum atomic E-state index is 14.0. The summed E-state index contributed by atoms with van der Waals surface area (Å²) in [6, 6.07) is 22.9. The highest BCUT2D eigenvalue weighted by Crippen LogP contribution is 2.36. The molecule has 0 aliphatic carbocycles. The van der Waals surface area contributed by atoms with Gasteiger partial charge < -0.3 is 39.9 Å². The lowest BCUT2D eigenvalue weighted by Gasteiger charge is -2.29. The van der Waals surface area contributed by atoms with E-state index in [1.54, 1.807) is 22.2 Å². The number of amides is 4. The predicted molar refractivity (Wildman–Crippen MR) is 228 cm³/mol. The molecule has 5 aromatic rings. The summed E-state index contributed by atoms with van der Waals surface area (Å²) in [5, 5.41) is 5.39. The summed E-state index contributed by atoms with van der Waals surface area (Å²) in [7, 11) is 2.55. The number of aromatic nitrogens is 4. The average Bonchev–Trinajstić information content (AvgIpc) is 4.14. The van der Waals surface area contributed by atoms with Gasteiger partial charge in [-0.3, -0.25) is 9.59 Å². The van der Waals surface area contributed by atoms with Gasteiger partial charge in [-0.25, -0.2) is 19.6 Å². The van der Waals surface area contributed by atoms with Crippen LogP contribution in [0.15, 0.2) is 91.3 Å². The fourth-order valence-corrected chi connectivity index (χ4v) is 7.88. The number of benzene rings is 3. The molecule has 4 heterocycles. The third-order valence-electron chi connectivity index (χ3n) is 11.0. The summed E-state index contributed by atoms with van der Waals surface area (Å²) in [5.74, 6) is 13.0. The highest BCUT2D eigenvalue weighted by molar-refractivity contribution is 5.88. The number of aromatic amines is 2. The van der Waals surface area contributed by atoms with E-state index in [0.717, 1.165) is 53.6 Å². The molecule has 312 valence electrons. The van der Waals surface area contributed by atoms with Gasteiger partial charge in [-0.1, -0.05) is 86.5 Å². The lowest BCUT2D eigenvalue weighted by molar-refractivity contribution is -0.135. The van der Waals surface area contributed by atoms with Gasteiger partial charge in [0.05, 0.1) is 44.4 Å². The molecule has 2 aromatic heterocycles. The van der Waals surface area contributed by atoms with Gasteiger partial charge in [0.25, 0.3) is 5.91 Å². The number of rotatable bonds is 10. The second-order valence-electron chi connectivity index (χ2n) is 15.2. The van der Waals surface area contributed by atoms with E-state index in [2.05, 4.69) is 55.3 Å². The molecule has 2 aliphatic heterocycles.